The van der Waals surface area contributed by atoms with Crippen LogP contribution in [0, 0.1) is 13.8 Å². The van der Waals surface area contributed by atoms with E-state index in [2.05, 4.69) is 29.7 Å². The number of benzene rings is 5. The molecule has 196 valence electrons. The van der Waals surface area contributed by atoms with Crippen LogP contribution in [-0.4, -0.2) is 5.97 Å². The summed E-state index contributed by atoms with van der Waals surface area (Å²) in [5.74, 6) is 0.927. The van der Waals surface area contributed by atoms with Crippen molar-refractivity contribution in [3.8, 4) is 11.5 Å². The van der Waals surface area contributed by atoms with Gasteiger partial charge in [-0.25, -0.2) is 4.79 Å². The van der Waals surface area contributed by atoms with Crippen LogP contribution in [0.3, 0.4) is 0 Å². The van der Waals surface area contributed by atoms with Gasteiger partial charge < -0.3 is 20.1 Å². The van der Waals surface area contributed by atoms with E-state index in [1.807, 2.05) is 97.9 Å². The Morgan fingerprint density at radius 1 is 0.700 bits per heavy atom. The van der Waals surface area contributed by atoms with Gasteiger partial charge in [0.1, 0.15) is 11.5 Å². The van der Waals surface area contributed by atoms with E-state index in [-0.39, 0.29) is 5.97 Å². The first-order valence-electron chi connectivity index (χ1n) is 13.1. The number of anilines is 4. The zero-order chi connectivity index (χ0) is 27.4. The number of carbonyl (C=O) groups is 1. The Morgan fingerprint density at radius 2 is 1.43 bits per heavy atom. The molecule has 5 nitrogen and oxygen atoms in total. The van der Waals surface area contributed by atoms with Gasteiger partial charge in [-0.15, -0.1) is 0 Å². The molecule has 1 unspecified atom stereocenters. The fraction of sp³-hybridized carbons (Fsp3) is 0.0882. The Kier molecular flexibility index (Phi) is 5.58. The molecule has 2 N–H and O–H groups in total. The number of halogens is 1. The molecule has 1 atom stereocenters. The smallest absolute Gasteiger partial charge is 0.340 e. The molecule has 0 fully saturated rings. The topological polar surface area (TPSA) is 59.6 Å². The number of nitrogens with one attached hydrogen (secondary N) is 2. The Morgan fingerprint density at radius 3 is 2.25 bits per heavy atom. The van der Waals surface area contributed by atoms with Crippen molar-refractivity contribution < 1.29 is 14.3 Å². The standard InChI is InChI=1S/C34H25ClN2O3/c1-20-11-13-22(14-12-20)36-29-17-16-26-32(21(29)2)39-31-18-15-23(37-30-10-6-5-9-28(30)35)19-27(31)34(26)25-8-4-3-7-24(25)33(38)40-34/h3-19,36-37H,1-2H3. The lowest BCUT2D eigenvalue weighted by atomic mass is 9.77. The average molecular weight is 545 g/mol. The number of para-hydroxylation sites is 1. The summed E-state index contributed by atoms with van der Waals surface area (Å²) >= 11 is 6.43. The summed E-state index contributed by atoms with van der Waals surface area (Å²) < 4.78 is 13.0. The summed E-state index contributed by atoms with van der Waals surface area (Å²) in [5, 5.41) is 7.52. The number of rotatable bonds is 4. The van der Waals surface area contributed by atoms with Crippen LogP contribution in [0.15, 0.2) is 103 Å². The van der Waals surface area contributed by atoms with Gasteiger partial charge in [0.25, 0.3) is 0 Å². The SMILES string of the molecule is Cc1ccc(Nc2ccc3c(c2C)Oc2ccc(Nc4ccccc4Cl)cc2C32OC(=O)c3ccccc32)cc1. The monoisotopic (exact) mass is 544 g/mol. The van der Waals surface area contributed by atoms with Crippen LogP contribution in [0.5, 0.6) is 11.5 Å². The molecular weight excluding hydrogens is 520 g/mol. The maximum absolute atomic E-state index is 13.3. The number of aryl methyl sites for hydroxylation is 1. The number of carbonyl (C=O) groups excluding carboxylic acids is 1. The molecule has 5 aromatic rings. The quantitative estimate of drug-likeness (QED) is 0.221. The molecule has 0 aromatic heterocycles. The minimum absolute atomic E-state index is 0.363. The van der Waals surface area contributed by atoms with Crippen molar-refractivity contribution in [3.05, 3.63) is 142 Å². The van der Waals surface area contributed by atoms with Gasteiger partial charge in [0.2, 0.25) is 0 Å². The summed E-state index contributed by atoms with van der Waals surface area (Å²) in [6.07, 6.45) is 0. The van der Waals surface area contributed by atoms with Gasteiger partial charge in [0.05, 0.1) is 16.3 Å². The molecule has 2 aliphatic heterocycles. The Bertz CT molecular complexity index is 1820. The highest BCUT2D eigenvalue weighted by atomic mass is 35.5. The van der Waals surface area contributed by atoms with Crippen LogP contribution in [0.4, 0.5) is 22.7 Å². The minimum atomic E-state index is -1.16. The first kappa shape index (κ1) is 24.3. The van der Waals surface area contributed by atoms with Crippen molar-refractivity contribution in [3.63, 3.8) is 0 Å². The zero-order valence-electron chi connectivity index (χ0n) is 21.9. The second-order valence-corrected chi connectivity index (χ2v) is 10.5. The highest BCUT2D eigenvalue weighted by Crippen LogP contribution is 2.58. The second kappa shape index (κ2) is 9.18. The van der Waals surface area contributed by atoms with Crippen molar-refractivity contribution in [1.29, 1.82) is 0 Å². The Hall–Kier alpha value is -4.74. The van der Waals surface area contributed by atoms with E-state index in [0.29, 0.717) is 22.1 Å². The molecule has 0 bridgehead atoms. The van der Waals surface area contributed by atoms with Crippen molar-refractivity contribution in [2.45, 2.75) is 19.4 Å². The van der Waals surface area contributed by atoms with Crippen molar-refractivity contribution in [2.24, 2.45) is 0 Å². The lowest BCUT2D eigenvalue weighted by Crippen LogP contribution is -2.33. The minimum Gasteiger partial charge on any atom is -0.456 e. The normalized spacial score (nSPS) is 16.4. The third-order valence-electron chi connectivity index (χ3n) is 7.61. The predicted octanol–water partition coefficient (Wildman–Crippen LogP) is 9.01. The molecule has 0 radical (unpaired) electrons. The van der Waals surface area contributed by atoms with E-state index in [1.165, 1.54) is 5.56 Å². The molecule has 2 heterocycles. The molecule has 5 aromatic carbocycles. The van der Waals surface area contributed by atoms with Crippen molar-refractivity contribution >= 4 is 40.3 Å². The van der Waals surface area contributed by atoms with E-state index in [4.69, 9.17) is 21.1 Å². The van der Waals surface area contributed by atoms with Gasteiger partial charge in [-0.1, -0.05) is 59.6 Å². The number of hydrogen-bond donors (Lipinski definition) is 2. The van der Waals surface area contributed by atoms with Crippen LogP contribution in [-0.2, 0) is 10.3 Å². The van der Waals surface area contributed by atoms with Crippen LogP contribution < -0.4 is 15.4 Å². The summed E-state index contributed by atoms with van der Waals surface area (Å²) in [4.78, 5) is 13.3. The van der Waals surface area contributed by atoms with Gasteiger partial charge in [-0.2, -0.15) is 0 Å². The molecule has 0 saturated heterocycles. The van der Waals surface area contributed by atoms with Gasteiger partial charge in [0.15, 0.2) is 5.60 Å². The average Bonchev–Trinajstić information content (AvgIpc) is 3.26. The summed E-state index contributed by atoms with van der Waals surface area (Å²) in [6, 6.07) is 33.2. The van der Waals surface area contributed by atoms with Gasteiger partial charge in [-0.3, -0.25) is 0 Å². The number of hydrogen-bond acceptors (Lipinski definition) is 5. The summed E-state index contributed by atoms with van der Waals surface area (Å²) in [7, 11) is 0. The Labute approximate surface area is 237 Å². The van der Waals surface area contributed by atoms with E-state index in [1.54, 1.807) is 0 Å². The first-order chi connectivity index (χ1) is 19.4. The molecular formula is C34H25ClN2O3. The van der Waals surface area contributed by atoms with E-state index in [0.717, 1.165) is 45.0 Å². The molecule has 0 aliphatic carbocycles. The van der Waals surface area contributed by atoms with Crippen molar-refractivity contribution in [1.82, 2.24) is 0 Å². The van der Waals surface area contributed by atoms with Crippen LogP contribution in [0.2, 0.25) is 5.02 Å². The number of fused-ring (bicyclic) bond motifs is 6. The lowest BCUT2D eigenvalue weighted by molar-refractivity contribution is 0.0224. The van der Waals surface area contributed by atoms with Gasteiger partial charge in [0, 0.05) is 39.3 Å². The molecule has 7 rings (SSSR count). The first-order valence-corrected chi connectivity index (χ1v) is 13.5. The third kappa shape index (κ3) is 3.74. The number of ether oxygens (including phenoxy) is 2. The fourth-order valence-electron chi connectivity index (χ4n) is 5.59. The maximum Gasteiger partial charge on any atom is 0.340 e. The van der Waals surface area contributed by atoms with Crippen molar-refractivity contribution in [2.75, 3.05) is 10.6 Å². The zero-order valence-corrected chi connectivity index (χ0v) is 22.7. The van der Waals surface area contributed by atoms with Crippen LogP contribution >= 0.6 is 11.6 Å². The van der Waals surface area contributed by atoms with E-state index < -0.39 is 5.60 Å². The second-order valence-electron chi connectivity index (χ2n) is 10.1. The molecule has 2 aliphatic rings. The van der Waals surface area contributed by atoms with Gasteiger partial charge in [-0.05, 0) is 74.5 Å². The van der Waals surface area contributed by atoms with E-state index in [9.17, 15) is 4.79 Å². The third-order valence-corrected chi connectivity index (χ3v) is 7.94. The fourth-order valence-corrected chi connectivity index (χ4v) is 5.77. The molecule has 0 saturated carbocycles. The number of esters is 1. The van der Waals surface area contributed by atoms with Crippen LogP contribution in [0.25, 0.3) is 0 Å². The predicted molar refractivity (Wildman–Crippen MR) is 159 cm³/mol. The van der Waals surface area contributed by atoms with E-state index >= 15 is 0 Å². The molecule has 40 heavy (non-hydrogen) atoms. The highest BCUT2D eigenvalue weighted by molar-refractivity contribution is 6.33. The molecule has 0 amide bonds. The molecule has 6 heteroatoms. The van der Waals surface area contributed by atoms with Crippen LogP contribution in [0.1, 0.15) is 38.2 Å². The lowest BCUT2D eigenvalue weighted by Gasteiger charge is -2.37. The Balaban J connectivity index is 1.40. The largest absolute Gasteiger partial charge is 0.456 e. The summed E-state index contributed by atoms with van der Waals surface area (Å²) in [5.41, 5.74) is 7.28. The molecule has 1 spiro atoms. The highest BCUT2D eigenvalue weighted by Gasteiger charge is 2.54. The summed E-state index contributed by atoms with van der Waals surface area (Å²) in [6.45, 7) is 4.08. The maximum atomic E-state index is 13.3. The van der Waals surface area contributed by atoms with Gasteiger partial charge >= 0.3 is 5.97 Å².